The summed E-state index contributed by atoms with van der Waals surface area (Å²) < 4.78 is 0. The van der Waals surface area contributed by atoms with Crippen LogP contribution in [-0.2, 0) is 0 Å². The molecule has 5 heteroatoms. The topological polar surface area (TPSA) is 67.1 Å². The van der Waals surface area contributed by atoms with Crippen LogP contribution >= 0.6 is 0 Å². The Morgan fingerprint density at radius 1 is 1.28 bits per heavy atom. The van der Waals surface area contributed by atoms with E-state index in [-0.39, 0.29) is 0 Å². The van der Waals surface area contributed by atoms with E-state index in [4.69, 9.17) is 10.8 Å². The van der Waals surface area contributed by atoms with Gasteiger partial charge in [0.25, 0.3) is 0 Å². The SMILES string of the molecule is CCCN(CCC)c1cc(NN)nc(C2CC2)n1. The number of nitrogens with two attached hydrogens (primary N) is 1. The molecule has 100 valence electrons. The molecule has 1 aliphatic carbocycles. The predicted molar refractivity (Wildman–Crippen MR) is 74.6 cm³/mol. The van der Waals surface area contributed by atoms with Gasteiger partial charge in [-0.1, -0.05) is 13.8 Å². The Bertz CT molecular complexity index is 383. The molecule has 1 saturated carbocycles. The number of nitrogens with one attached hydrogen (secondary N) is 1. The lowest BCUT2D eigenvalue weighted by molar-refractivity contribution is 0.727. The first-order chi connectivity index (χ1) is 8.78. The number of hydrogen-bond acceptors (Lipinski definition) is 5. The van der Waals surface area contributed by atoms with Crippen LogP contribution in [0.25, 0.3) is 0 Å². The van der Waals surface area contributed by atoms with Crippen LogP contribution in [0.3, 0.4) is 0 Å². The van der Waals surface area contributed by atoms with Gasteiger partial charge in [-0.2, -0.15) is 0 Å². The molecule has 1 heterocycles. The van der Waals surface area contributed by atoms with Crippen LogP contribution in [0.1, 0.15) is 51.3 Å². The van der Waals surface area contributed by atoms with Gasteiger partial charge >= 0.3 is 0 Å². The van der Waals surface area contributed by atoms with E-state index >= 15 is 0 Å². The molecule has 0 unspecified atom stereocenters. The van der Waals surface area contributed by atoms with Crippen molar-refractivity contribution < 1.29 is 0 Å². The van der Waals surface area contributed by atoms with Gasteiger partial charge in [0.2, 0.25) is 0 Å². The monoisotopic (exact) mass is 249 g/mol. The lowest BCUT2D eigenvalue weighted by Gasteiger charge is -2.23. The highest BCUT2D eigenvalue weighted by molar-refractivity contribution is 5.49. The Morgan fingerprint density at radius 3 is 2.44 bits per heavy atom. The first-order valence-corrected chi connectivity index (χ1v) is 6.89. The average molecular weight is 249 g/mol. The Balaban J connectivity index is 2.25. The van der Waals surface area contributed by atoms with E-state index in [0.29, 0.717) is 5.92 Å². The summed E-state index contributed by atoms with van der Waals surface area (Å²) in [6.45, 7) is 6.43. The van der Waals surface area contributed by atoms with Gasteiger partial charge < -0.3 is 10.3 Å². The van der Waals surface area contributed by atoms with Crippen LogP contribution in [0.5, 0.6) is 0 Å². The van der Waals surface area contributed by atoms with Crippen molar-refractivity contribution in [2.45, 2.75) is 45.4 Å². The third-order valence-electron chi connectivity index (χ3n) is 3.13. The van der Waals surface area contributed by atoms with Crippen LogP contribution in [0.2, 0.25) is 0 Å². The van der Waals surface area contributed by atoms with Gasteiger partial charge in [-0.3, -0.25) is 0 Å². The second kappa shape index (κ2) is 6.00. The third-order valence-corrected chi connectivity index (χ3v) is 3.13. The highest BCUT2D eigenvalue weighted by Gasteiger charge is 2.27. The van der Waals surface area contributed by atoms with Crippen LogP contribution in [0.4, 0.5) is 11.6 Å². The molecule has 1 aromatic rings. The molecule has 0 spiro atoms. The lowest BCUT2D eigenvalue weighted by Crippen LogP contribution is -2.26. The van der Waals surface area contributed by atoms with E-state index < -0.39 is 0 Å². The zero-order chi connectivity index (χ0) is 13.0. The van der Waals surface area contributed by atoms with Gasteiger partial charge in [0.15, 0.2) is 0 Å². The van der Waals surface area contributed by atoms with E-state index in [1.54, 1.807) is 0 Å². The predicted octanol–water partition coefficient (Wildman–Crippen LogP) is 2.27. The molecule has 0 saturated heterocycles. The molecule has 0 aliphatic heterocycles. The van der Waals surface area contributed by atoms with Gasteiger partial charge in [-0.05, 0) is 25.7 Å². The van der Waals surface area contributed by atoms with Crippen molar-refractivity contribution in [3.05, 3.63) is 11.9 Å². The van der Waals surface area contributed by atoms with Crippen LogP contribution in [-0.4, -0.2) is 23.1 Å². The smallest absolute Gasteiger partial charge is 0.145 e. The molecular formula is C13H23N5. The number of hydrazine groups is 1. The number of nitrogen functional groups attached to an aromatic ring is 1. The molecule has 0 bridgehead atoms. The zero-order valence-electron chi connectivity index (χ0n) is 11.3. The molecule has 0 amide bonds. The fraction of sp³-hybridized carbons (Fsp3) is 0.692. The second-order valence-electron chi connectivity index (χ2n) is 4.88. The lowest BCUT2D eigenvalue weighted by atomic mass is 10.3. The minimum absolute atomic E-state index is 0.544. The molecule has 3 N–H and O–H groups in total. The minimum Gasteiger partial charge on any atom is -0.356 e. The number of nitrogens with zero attached hydrogens (tertiary/aromatic N) is 3. The quantitative estimate of drug-likeness (QED) is 0.573. The molecule has 1 aliphatic rings. The maximum Gasteiger partial charge on any atom is 0.145 e. The molecule has 0 radical (unpaired) electrons. The number of hydrogen-bond donors (Lipinski definition) is 2. The third kappa shape index (κ3) is 3.10. The number of rotatable bonds is 7. The van der Waals surface area contributed by atoms with Gasteiger partial charge in [-0.15, -0.1) is 0 Å². The van der Waals surface area contributed by atoms with Crippen molar-refractivity contribution in [3.63, 3.8) is 0 Å². The van der Waals surface area contributed by atoms with Crippen molar-refractivity contribution in [3.8, 4) is 0 Å². The van der Waals surface area contributed by atoms with Gasteiger partial charge in [0, 0.05) is 25.1 Å². The Hall–Kier alpha value is -1.36. The standard InChI is InChI=1S/C13H23N5/c1-3-7-18(8-4-2)12-9-11(17-14)15-13(16-12)10-5-6-10/h9-10H,3-8,14H2,1-2H3,(H,15,16,17). The zero-order valence-corrected chi connectivity index (χ0v) is 11.3. The van der Waals surface area contributed by atoms with Crippen molar-refractivity contribution in [1.29, 1.82) is 0 Å². The largest absolute Gasteiger partial charge is 0.356 e. The summed E-state index contributed by atoms with van der Waals surface area (Å²) in [5.74, 6) is 8.71. The van der Waals surface area contributed by atoms with Crippen LogP contribution in [0, 0.1) is 0 Å². The highest BCUT2D eigenvalue weighted by atomic mass is 15.3. The summed E-state index contributed by atoms with van der Waals surface area (Å²) in [6.07, 6.45) is 4.65. The highest BCUT2D eigenvalue weighted by Crippen LogP contribution is 2.39. The van der Waals surface area contributed by atoms with E-state index in [2.05, 4.69) is 29.2 Å². The first kappa shape index (κ1) is 13.1. The van der Waals surface area contributed by atoms with E-state index in [9.17, 15) is 0 Å². The molecule has 5 nitrogen and oxygen atoms in total. The van der Waals surface area contributed by atoms with E-state index in [1.807, 2.05) is 6.07 Å². The summed E-state index contributed by atoms with van der Waals surface area (Å²) in [5.41, 5.74) is 2.65. The summed E-state index contributed by atoms with van der Waals surface area (Å²) in [7, 11) is 0. The maximum atomic E-state index is 5.50. The Kier molecular flexibility index (Phi) is 4.36. The summed E-state index contributed by atoms with van der Waals surface area (Å²) >= 11 is 0. The van der Waals surface area contributed by atoms with Crippen LogP contribution < -0.4 is 16.2 Å². The molecule has 0 aromatic carbocycles. The summed E-state index contributed by atoms with van der Waals surface area (Å²) in [6, 6.07) is 1.94. The van der Waals surface area contributed by atoms with E-state index in [0.717, 1.165) is 43.4 Å². The van der Waals surface area contributed by atoms with Crippen molar-refractivity contribution in [2.75, 3.05) is 23.4 Å². The normalized spacial score (nSPS) is 14.6. The van der Waals surface area contributed by atoms with E-state index in [1.165, 1.54) is 12.8 Å². The Morgan fingerprint density at radius 2 is 1.94 bits per heavy atom. The Labute approximate surface area is 109 Å². The van der Waals surface area contributed by atoms with Crippen molar-refractivity contribution in [1.82, 2.24) is 9.97 Å². The fourth-order valence-corrected chi connectivity index (χ4v) is 2.09. The van der Waals surface area contributed by atoms with Crippen LogP contribution in [0.15, 0.2) is 6.07 Å². The van der Waals surface area contributed by atoms with Gasteiger partial charge in [0.1, 0.15) is 17.5 Å². The molecule has 1 aromatic heterocycles. The van der Waals surface area contributed by atoms with Gasteiger partial charge in [-0.25, -0.2) is 15.8 Å². The fourth-order valence-electron chi connectivity index (χ4n) is 2.09. The molecule has 1 fully saturated rings. The second-order valence-corrected chi connectivity index (χ2v) is 4.88. The molecule has 2 rings (SSSR count). The van der Waals surface area contributed by atoms with Crippen molar-refractivity contribution >= 4 is 11.6 Å². The first-order valence-electron chi connectivity index (χ1n) is 6.89. The summed E-state index contributed by atoms with van der Waals surface area (Å²) in [5, 5.41) is 0. The van der Waals surface area contributed by atoms with Crippen molar-refractivity contribution in [2.24, 2.45) is 5.84 Å². The average Bonchev–Trinajstić information content (AvgIpc) is 3.22. The van der Waals surface area contributed by atoms with Gasteiger partial charge in [0.05, 0.1) is 0 Å². The molecule has 0 atom stereocenters. The molecule has 18 heavy (non-hydrogen) atoms. The maximum absolute atomic E-state index is 5.50. The number of aromatic nitrogens is 2. The number of anilines is 2. The summed E-state index contributed by atoms with van der Waals surface area (Å²) in [4.78, 5) is 11.5. The molecular weight excluding hydrogens is 226 g/mol. The minimum atomic E-state index is 0.544.